The molecule has 0 saturated carbocycles. The fraction of sp³-hybridized carbons (Fsp3) is 0. The van der Waals surface area contributed by atoms with E-state index in [1.165, 1.54) is 0 Å². The van der Waals surface area contributed by atoms with E-state index in [1.807, 2.05) is 0 Å². The Balaban J connectivity index is 0. The monoisotopic (exact) mass is 281 g/mol. The zero-order valence-electron chi connectivity index (χ0n) is 1.59. The first-order chi connectivity index (χ1) is 1.41. The van der Waals surface area contributed by atoms with Gasteiger partial charge in [-0.2, -0.15) is 0 Å². The molecule has 0 atom stereocenters. The second-order valence-electron chi connectivity index (χ2n) is 0.0476. The van der Waals surface area contributed by atoms with Crippen LogP contribution in [0.3, 0.4) is 0 Å². The molecule has 0 aliphatic heterocycles. The number of hydrogen-bond donors (Lipinski definition) is 0. The molecule has 31 valence electrons. The topological polar surface area (TPSA) is 31.5 Å². The minimum atomic E-state index is -0.556. The van der Waals surface area contributed by atoms with Crippen molar-refractivity contribution in [1.29, 1.82) is 0 Å². The van der Waals surface area contributed by atoms with E-state index in [-0.39, 0.29) is 5.48 Å². The second kappa shape index (κ2) is 8.89. The summed E-state index contributed by atoms with van der Waals surface area (Å²) in [5, 5.41) is 0. The summed E-state index contributed by atoms with van der Waals surface area (Å²) in [5.41, 5.74) is 0. The minimum absolute atomic E-state index is 0. The molecule has 0 aromatic heterocycles. The predicted molar refractivity (Wildman–Crippen MR) is 15.3 cm³/mol. The van der Waals surface area contributed by atoms with E-state index in [9.17, 15) is 0 Å². The van der Waals surface area contributed by atoms with Crippen molar-refractivity contribution >= 4 is 19.2 Å². The van der Waals surface area contributed by atoms with Crippen molar-refractivity contribution in [3.63, 3.8) is 0 Å². The van der Waals surface area contributed by atoms with Gasteiger partial charge in [0.1, 0.15) is 0 Å². The molecule has 2 N–H and O–H groups in total. The molecule has 0 fully saturated rings. The van der Waals surface area contributed by atoms with Crippen LogP contribution in [0.2, 0.25) is 0 Å². The van der Waals surface area contributed by atoms with Gasteiger partial charge in [-0.25, -0.2) is 0 Å². The number of hydrogen-bond acceptors (Lipinski definition) is 0. The first kappa shape index (κ1) is 8.95. The van der Waals surface area contributed by atoms with Gasteiger partial charge in [0.15, 0.2) is 0 Å². The molecule has 0 aliphatic rings. The van der Waals surface area contributed by atoms with Crippen LogP contribution < -0.4 is 0 Å². The van der Waals surface area contributed by atoms with Gasteiger partial charge in [-0.1, -0.05) is 0 Å². The molecule has 0 saturated heterocycles. The quantitative estimate of drug-likeness (QED) is 0.621. The van der Waals surface area contributed by atoms with Crippen LogP contribution in [0.1, 0.15) is 0 Å². The van der Waals surface area contributed by atoms with Crippen LogP contribution in [0.4, 0.5) is 0 Å². The van der Waals surface area contributed by atoms with Crippen molar-refractivity contribution in [3.05, 3.63) is 0 Å². The van der Waals surface area contributed by atoms with Crippen molar-refractivity contribution in [1.82, 2.24) is 0 Å². The third-order valence-electron chi connectivity index (χ3n) is 0. The van der Waals surface area contributed by atoms with Crippen LogP contribution in [0.25, 0.3) is 0 Å². The standard InChI is InChI=1S/2ClH.Ir.H2O/h2*1H;;1H2/q;;+2;/p-2. The Hall–Kier alpha value is 1.19. The molecule has 4 heavy (non-hydrogen) atoms. The van der Waals surface area contributed by atoms with Crippen LogP contribution in [0, 0.1) is 0 Å². The van der Waals surface area contributed by atoms with Gasteiger partial charge in [0.05, 0.1) is 0 Å². The maximum atomic E-state index is 4.89. The molecule has 0 radical (unpaired) electrons. The van der Waals surface area contributed by atoms with E-state index in [0.29, 0.717) is 0 Å². The van der Waals surface area contributed by atoms with Crippen molar-refractivity contribution in [2.75, 3.05) is 0 Å². The Morgan fingerprint density at radius 3 is 1.25 bits per heavy atom. The Kier molecular flexibility index (Phi) is 19.9. The van der Waals surface area contributed by atoms with E-state index in [1.54, 1.807) is 0 Å². The van der Waals surface area contributed by atoms with Crippen LogP contribution in [-0.2, 0) is 15.7 Å². The molecule has 0 rings (SSSR count). The van der Waals surface area contributed by atoms with Gasteiger partial charge in [0.25, 0.3) is 0 Å². The van der Waals surface area contributed by atoms with Crippen LogP contribution in [0.5, 0.6) is 0 Å². The fourth-order valence-corrected chi connectivity index (χ4v) is 0. The first-order valence-corrected chi connectivity index (χ1v) is 6.19. The Morgan fingerprint density at radius 2 is 1.25 bits per heavy atom. The van der Waals surface area contributed by atoms with E-state index >= 15 is 0 Å². The van der Waals surface area contributed by atoms with Crippen LogP contribution >= 0.6 is 19.2 Å². The average Bonchev–Trinajstić information content (AvgIpc) is 0.918. The molecule has 0 amide bonds. The molecule has 0 aromatic carbocycles. The third-order valence-corrected chi connectivity index (χ3v) is 0. The summed E-state index contributed by atoms with van der Waals surface area (Å²) >= 11 is -0.556. The average molecular weight is 281 g/mol. The molecule has 0 aliphatic carbocycles. The molecule has 0 heterocycles. The van der Waals surface area contributed by atoms with Crippen molar-refractivity contribution in [2.24, 2.45) is 0 Å². The van der Waals surface area contributed by atoms with Gasteiger partial charge in [-0.05, 0) is 0 Å². The number of rotatable bonds is 0. The Labute approximate surface area is 40.6 Å². The third kappa shape index (κ3) is 10.8. The second-order valence-corrected chi connectivity index (χ2v) is 3.51. The van der Waals surface area contributed by atoms with Crippen LogP contribution in [-0.4, -0.2) is 5.48 Å². The van der Waals surface area contributed by atoms with E-state index in [2.05, 4.69) is 0 Å². The maximum absolute atomic E-state index is 4.89. The van der Waals surface area contributed by atoms with Crippen LogP contribution in [0.15, 0.2) is 0 Å². The van der Waals surface area contributed by atoms with Crippen molar-refractivity contribution in [3.8, 4) is 0 Å². The van der Waals surface area contributed by atoms with Crippen molar-refractivity contribution < 1.29 is 21.1 Å². The summed E-state index contributed by atoms with van der Waals surface area (Å²) in [5.74, 6) is 0. The molecule has 0 bridgehead atoms. The molecular formula is H2Cl2IrO. The molecular weight excluding hydrogens is 279 g/mol. The molecule has 0 unspecified atom stereocenters. The summed E-state index contributed by atoms with van der Waals surface area (Å²) in [7, 11) is 9.78. The van der Waals surface area contributed by atoms with Gasteiger partial charge in [-0.3, -0.25) is 0 Å². The zero-order chi connectivity index (χ0) is 2.71. The molecule has 4 heteroatoms. The van der Waals surface area contributed by atoms with Crippen molar-refractivity contribution in [2.45, 2.75) is 0 Å². The number of halogens is 2. The summed E-state index contributed by atoms with van der Waals surface area (Å²) in [4.78, 5) is 0. The van der Waals surface area contributed by atoms with Gasteiger partial charge < -0.3 is 5.48 Å². The van der Waals surface area contributed by atoms with Gasteiger partial charge in [0, 0.05) is 0 Å². The van der Waals surface area contributed by atoms with E-state index in [4.69, 9.17) is 19.2 Å². The summed E-state index contributed by atoms with van der Waals surface area (Å²) < 4.78 is 0. The van der Waals surface area contributed by atoms with Gasteiger partial charge >= 0.3 is 34.8 Å². The summed E-state index contributed by atoms with van der Waals surface area (Å²) in [6.07, 6.45) is 0. The molecule has 0 spiro atoms. The Morgan fingerprint density at radius 1 is 1.25 bits per heavy atom. The van der Waals surface area contributed by atoms with E-state index < -0.39 is 15.7 Å². The summed E-state index contributed by atoms with van der Waals surface area (Å²) in [6.45, 7) is 0. The fourth-order valence-electron chi connectivity index (χ4n) is 0. The molecule has 1 nitrogen and oxygen atoms in total. The Bertz CT molecular complexity index is 6.00. The zero-order valence-corrected chi connectivity index (χ0v) is 5.50. The van der Waals surface area contributed by atoms with Gasteiger partial charge in [-0.15, -0.1) is 0 Å². The van der Waals surface area contributed by atoms with E-state index in [0.717, 1.165) is 0 Å². The molecule has 0 aromatic rings. The predicted octanol–water partition coefficient (Wildman–Crippen LogP) is 0.552. The SMILES string of the molecule is O.[Cl][Ir][Cl]. The summed E-state index contributed by atoms with van der Waals surface area (Å²) in [6, 6.07) is 0. The normalized spacial score (nSPS) is 5.50. The van der Waals surface area contributed by atoms with Gasteiger partial charge in [0.2, 0.25) is 0 Å². The first-order valence-electron chi connectivity index (χ1n) is 0.252.